The van der Waals surface area contributed by atoms with Crippen LogP contribution in [-0.2, 0) is 10.0 Å². The topological polar surface area (TPSA) is 70.0 Å². The Morgan fingerprint density at radius 3 is 2.29 bits per heavy atom. The molecule has 0 fully saturated rings. The molecule has 0 amide bonds. The van der Waals surface area contributed by atoms with Crippen molar-refractivity contribution >= 4 is 38.9 Å². The molecule has 21 heavy (non-hydrogen) atoms. The number of hydrogen-bond acceptors (Lipinski definition) is 3. The SMILES string of the molecule is Cc1cc(C#N)ccc1S(=O)(=O)Nc1c(Cl)cccc1Cl. The first-order valence-electron chi connectivity index (χ1n) is 5.83. The molecule has 1 N–H and O–H groups in total. The van der Waals surface area contributed by atoms with Crippen molar-refractivity contribution in [1.29, 1.82) is 5.26 Å². The molecule has 0 aliphatic heterocycles. The van der Waals surface area contributed by atoms with Crippen LogP contribution < -0.4 is 4.72 Å². The Morgan fingerprint density at radius 1 is 1.14 bits per heavy atom. The Hall–Kier alpha value is -1.74. The molecule has 0 radical (unpaired) electrons. The average Bonchev–Trinajstić information content (AvgIpc) is 2.42. The normalized spacial score (nSPS) is 11.0. The third kappa shape index (κ3) is 3.30. The molecule has 0 aromatic heterocycles. The number of para-hydroxylation sites is 1. The summed E-state index contributed by atoms with van der Waals surface area (Å²) in [7, 11) is -3.84. The monoisotopic (exact) mass is 340 g/mol. The summed E-state index contributed by atoms with van der Waals surface area (Å²) in [5.74, 6) is 0. The summed E-state index contributed by atoms with van der Waals surface area (Å²) < 4.78 is 27.2. The molecule has 0 aliphatic carbocycles. The lowest BCUT2D eigenvalue weighted by molar-refractivity contribution is 0.600. The Morgan fingerprint density at radius 2 is 1.76 bits per heavy atom. The zero-order valence-corrected chi connectivity index (χ0v) is 13.2. The van der Waals surface area contributed by atoms with Gasteiger partial charge >= 0.3 is 0 Å². The van der Waals surface area contributed by atoms with E-state index in [0.29, 0.717) is 11.1 Å². The van der Waals surface area contributed by atoms with E-state index in [2.05, 4.69) is 4.72 Å². The maximum Gasteiger partial charge on any atom is 0.262 e. The molecular formula is C14H10Cl2N2O2S. The fourth-order valence-corrected chi connectivity index (χ4v) is 3.74. The minimum absolute atomic E-state index is 0.0671. The molecule has 0 saturated heterocycles. The first-order valence-corrected chi connectivity index (χ1v) is 8.06. The fourth-order valence-electron chi connectivity index (χ4n) is 1.81. The standard InChI is InChI=1S/C14H10Cl2N2O2S/c1-9-7-10(8-17)5-6-13(9)21(19,20)18-14-11(15)3-2-4-12(14)16/h2-7,18H,1H3. The van der Waals surface area contributed by atoms with Gasteiger partial charge in [-0.25, -0.2) is 8.42 Å². The maximum absolute atomic E-state index is 12.4. The van der Waals surface area contributed by atoms with Crippen LogP contribution in [0.1, 0.15) is 11.1 Å². The van der Waals surface area contributed by atoms with E-state index in [1.165, 1.54) is 30.3 Å². The molecule has 4 nitrogen and oxygen atoms in total. The summed E-state index contributed by atoms with van der Waals surface area (Å²) in [5.41, 5.74) is 0.983. The number of rotatable bonds is 3. The number of nitrogens with one attached hydrogen (secondary N) is 1. The molecule has 0 atom stereocenters. The minimum Gasteiger partial charge on any atom is -0.277 e. The highest BCUT2D eigenvalue weighted by atomic mass is 35.5. The second-order valence-corrected chi connectivity index (χ2v) is 6.76. The summed E-state index contributed by atoms with van der Waals surface area (Å²) in [6, 6.07) is 11.0. The Bertz CT molecular complexity index is 822. The first-order chi connectivity index (χ1) is 9.85. The smallest absolute Gasteiger partial charge is 0.262 e. The third-order valence-corrected chi connectivity index (χ3v) is 4.93. The van der Waals surface area contributed by atoms with Gasteiger partial charge in [-0.1, -0.05) is 29.3 Å². The molecular weight excluding hydrogens is 331 g/mol. The predicted molar refractivity (Wildman–Crippen MR) is 83.2 cm³/mol. The maximum atomic E-state index is 12.4. The number of nitrogens with zero attached hydrogens (tertiary/aromatic N) is 1. The van der Waals surface area contributed by atoms with Gasteiger partial charge in [0.05, 0.1) is 32.3 Å². The quantitative estimate of drug-likeness (QED) is 0.918. The second kappa shape index (κ2) is 5.94. The second-order valence-electron chi connectivity index (χ2n) is 4.29. The van der Waals surface area contributed by atoms with Crippen LogP contribution in [0.3, 0.4) is 0 Å². The van der Waals surface area contributed by atoms with Crippen molar-refractivity contribution in [2.45, 2.75) is 11.8 Å². The minimum atomic E-state index is -3.84. The molecule has 2 aromatic rings. The number of halogens is 2. The van der Waals surface area contributed by atoms with E-state index in [0.717, 1.165) is 0 Å². The van der Waals surface area contributed by atoms with Gasteiger partial charge in [0.15, 0.2) is 0 Å². The van der Waals surface area contributed by atoms with Gasteiger partial charge in [0.1, 0.15) is 0 Å². The molecule has 0 heterocycles. The van der Waals surface area contributed by atoms with Gasteiger partial charge in [0.2, 0.25) is 0 Å². The summed E-state index contributed by atoms with van der Waals surface area (Å²) in [6.45, 7) is 1.61. The Labute approximate surface area is 133 Å². The van der Waals surface area contributed by atoms with Gasteiger partial charge in [0.25, 0.3) is 10.0 Å². The van der Waals surface area contributed by atoms with E-state index in [1.54, 1.807) is 13.0 Å². The van der Waals surface area contributed by atoms with Gasteiger partial charge in [-0.05, 0) is 42.8 Å². The lowest BCUT2D eigenvalue weighted by Crippen LogP contribution is -2.15. The van der Waals surface area contributed by atoms with Crippen molar-refractivity contribution in [2.75, 3.05) is 4.72 Å². The number of aryl methyl sites for hydroxylation is 1. The Balaban J connectivity index is 2.47. The first kappa shape index (κ1) is 15.6. The van der Waals surface area contributed by atoms with E-state index < -0.39 is 10.0 Å². The summed E-state index contributed by atoms with van der Waals surface area (Å²) in [5, 5.41) is 9.23. The molecule has 108 valence electrons. The highest BCUT2D eigenvalue weighted by Gasteiger charge is 2.19. The van der Waals surface area contributed by atoms with Crippen molar-refractivity contribution in [3.05, 3.63) is 57.6 Å². The van der Waals surface area contributed by atoms with Crippen molar-refractivity contribution in [1.82, 2.24) is 0 Å². The van der Waals surface area contributed by atoms with Crippen LogP contribution >= 0.6 is 23.2 Å². The van der Waals surface area contributed by atoms with Crippen LogP contribution in [-0.4, -0.2) is 8.42 Å². The summed E-state index contributed by atoms with van der Waals surface area (Å²) in [6.07, 6.45) is 0. The van der Waals surface area contributed by atoms with Crippen LogP contribution in [0.25, 0.3) is 0 Å². The molecule has 7 heteroatoms. The summed E-state index contributed by atoms with van der Waals surface area (Å²) in [4.78, 5) is 0.0671. The van der Waals surface area contributed by atoms with Crippen LogP contribution in [0.15, 0.2) is 41.3 Å². The number of sulfonamides is 1. The molecule has 0 spiro atoms. The van der Waals surface area contributed by atoms with Gasteiger partial charge in [-0.15, -0.1) is 0 Å². The zero-order valence-electron chi connectivity index (χ0n) is 10.9. The van der Waals surface area contributed by atoms with Crippen LogP contribution in [0.4, 0.5) is 5.69 Å². The zero-order chi connectivity index (χ0) is 15.6. The molecule has 0 unspecified atom stereocenters. The number of hydrogen-bond donors (Lipinski definition) is 1. The van der Waals surface area contributed by atoms with Crippen molar-refractivity contribution in [3.63, 3.8) is 0 Å². The van der Waals surface area contributed by atoms with E-state index >= 15 is 0 Å². The van der Waals surface area contributed by atoms with E-state index in [9.17, 15) is 8.42 Å². The predicted octanol–water partition coefficient (Wildman–Crippen LogP) is 3.97. The lowest BCUT2D eigenvalue weighted by Gasteiger charge is -2.12. The molecule has 0 bridgehead atoms. The van der Waals surface area contributed by atoms with Crippen molar-refractivity contribution in [3.8, 4) is 6.07 Å². The fraction of sp³-hybridized carbons (Fsp3) is 0.0714. The number of benzene rings is 2. The highest BCUT2D eigenvalue weighted by molar-refractivity contribution is 7.92. The van der Waals surface area contributed by atoms with Crippen molar-refractivity contribution in [2.24, 2.45) is 0 Å². The lowest BCUT2D eigenvalue weighted by atomic mass is 10.2. The number of nitriles is 1. The third-order valence-electron chi connectivity index (χ3n) is 2.79. The van der Waals surface area contributed by atoms with Crippen LogP contribution in [0, 0.1) is 18.3 Å². The van der Waals surface area contributed by atoms with Crippen LogP contribution in [0.2, 0.25) is 10.0 Å². The molecule has 2 aromatic carbocycles. The molecule has 2 rings (SSSR count). The number of anilines is 1. The highest BCUT2D eigenvalue weighted by Crippen LogP contribution is 2.32. The van der Waals surface area contributed by atoms with E-state index in [1.807, 2.05) is 6.07 Å². The van der Waals surface area contributed by atoms with Gasteiger partial charge < -0.3 is 0 Å². The molecule has 0 saturated carbocycles. The average molecular weight is 341 g/mol. The van der Waals surface area contributed by atoms with Crippen LogP contribution in [0.5, 0.6) is 0 Å². The van der Waals surface area contributed by atoms with Gasteiger partial charge in [-0.2, -0.15) is 5.26 Å². The van der Waals surface area contributed by atoms with Crippen molar-refractivity contribution < 1.29 is 8.42 Å². The largest absolute Gasteiger partial charge is 0.277 e. The van der Waals surface area contributed by atoms with Gasteiger partial charge in [0, 0.05) is 0 Å². The Kier molecular flexibility index (Phi) is 4.43. The van der Waals surface area contributed by atoms with E-state index in [-0.39, 0.29) is 20.6 Å². The van der Waals surface area contributed by atoms with Gasteiger partial charge in [-0.3, -0.25) is 4.72 Å². The van der Waals surface area contributed by atoms with E-state index in [4.69, 9.17) is 28.5 Å². The molecule has 0 aliphatic rings. The summed E-state index contributed by atoms with van der Waals surface area (Å²) >= 11 is 11.9.